The van der Waals surface area contributed by atoms with Gasteiger partial charge in [-0.3, -0.25) is 9.59 Å². The first-order chi connectivity index (χ1) is 7.15. The van der Waals surface area contributed by atoms with Crippen molar-refractivity contribution in [1.82, 2.24) is 4.90 Å². The number of carbonyl (C=O) groups excluding carboxylic acids is 2. The molecule has 1 aromatic rings. The molecule has 1 aromatic carbocycles. The van der Waals surface area contributed by atoms with Gasteiger partial charge in [-0.05, 0) is 11.6 Å². The van der Waals surface area contributed by atoms with Gasteiger partial charge in [0.2, 0.25) is 6.29 Å². The Labute approximate surface area is 89.0 Å². The molecule has 0 aliphatic rings. The lowest BCUT2D eigenvalue weighted by Crippen LogP contribution is -2.23. The fraction of sp³-hybridized carbons (Fsp3) is 0.167. The van der Waals surface area contributed by atoms with Gasteiger partial charge in [0.15, 0.2) is 0 Å². The molecule has 0 fully saturated rings. The minimum Gasteiger partial charge on any atom is -0.345 e. The van der Waals surface area contributed by atoms with Crippen LogP contribution in [0.2, 0.25) is 0 Å². The molecule has 77 valence electrons. The number of hydrogen-bond donors (Lipinski definition) is 0. The molecule has 15 heavy (non-hydrogen) atoms. The predicted molar refractivity (Wildman–Crippen MR) is 58.8 cm³/mol. The second-order valence-electron chi connectivity index (χ2n) is 3.27. The lowest BCUT2D eigenvalue weighted by molar-refractivity contribution is -0.124. The molecule has 0 saturated heterocycles. The SMILES string of the molecule is CN(C)C(=O)C([C]=O)=Cc1ccccc1. The van der Waals surface area contributed by atoms with Crippen LogP contribution in [0.1, 0.15) is 5.56 Å². The first-order valence-corrected chi connectivity index (χ1v) is 4.51. The Bertz CT molecular complexity index is 380. The highest BCUT2D eigenvalue weighted by molar-refractivity contribution is 6.14. The van der Waals surface area contributed by atoms with E-state index in [1.807, 2.05) is 30.3 Å². The second kappa shape index (κ2) is 5.10. The highest BCUT2D eigenvalue weighted by atomic mass is 16.2. The molecule has 3 heteroatoms. The van der Waals surface area contributed by atoms with Crippen LogP contribution in [0.4, 0.5) is 0 Å². The van der Waals surface area contributed by atoms with E-state index in [0.717, 1.165) is 5.56 Å². The summed E-state index contributed by atoms with van der Waals surface area (Å²) >= 11 is 0. The van der Waals surface area contributed by atoms with E-state index in [0.29, 0.717) is 0 Å². The van der Waals surface area contributed by atoms with Crippen LogP contribution in [0.3, 0.4) is 0 Å². The van der Waals surface area contributed by atoms with Crippen molar-refractivity contribution in [3.05, 3.63) is 41.5 Å². The van der Waals surface area contributed by atoms with Gasteiger partial charge in [0.1, 0.15) is 0 Å². The zero-order valence-corrected chi connectivity index (χ0v) is 8.73. The molecule has 0 unspecified atom stereocenters. The van der Waals surface area contributed by atoms with Crippen molar-refractivity contribution in [3.8, 4) is 0 Å². The van der Waals surface area contributed by atoms with E-state index in [-0.39, 0.29) is 11.5 Å². The standard InChI is InChI=1S/C12H12NO2/c1-13(2)12(15)11(9-14)8-10-6-4-3-5-7-10/h3-8H,1-2H3. The number of likely N-dealkylation sites (N-methyl/N-ethyl adjacent to an activating group) is 1. The fourth-order valence-electron chi connectivity index (χ4n) is 1.09. The zero-order valence-electron chi connectivity index (χ0n) is 8.73. The maximum absolute atomic E-state index is 11.5. The van der Waals surface area contributed by atoms with Crippen molar-refractivity contribution in [2.24, 2.45) is 0 Å². The van der Waals surface area contributed by atoms with Gasteiger partial charge in [-0.2, -0.15) is 0 Å². The fourth-order valence-corrected chi connectivity index (χ4v) is 1.09. The molecular formula is C12H12NO2. The van der Waals surface area contributed by atoms with Gasteiger partial charge in [-0.1, -0.05) is 30.3 Å². The van der Waals surface area contributed by atoms with Crippen LogP contribution < -0.4 is 0 Å². The van der Waals surface area contributed by atoms with Gasteiger partial charge >= 0.3 is 0 Å². The molecule has 0 heterocycles. The summed E-state index contributed by atoms with van der Waals surface area (Å²) in [5.74, 6) is -0.339. The van der Waals surface area contributed by atoms with Crippen LogP contribution >= 0.6 is 0 Å². The number of hydrogen-bond acceptors (Lipinski definition) is 2. The largest absolute Gasteiger partial charge is 0.345 e. The minimum atomic E-state index is -0.339. The normalized spacial score (nSPS) is 10.9. The van der Waals surface area contributed by atoms with Gasteiger partial charge < -0.3 is 4.90 Å². The molecule has 0 saturated carbocycles. The lowest BCUT2D eigenvalue weighted by Gasteiger charge is -2.08. The Morgan fingerprint density at radius 1 is 1.27 bits per heavy atom. The average Bonchev–Trinajstić information content (AvgIpc) is 2.26. The third kappa shape index (κ3) is 3.06. The van der Waals surface area contributed by atoms with Gasteiger partial charge in [-0.25, -0.2) is 0 Å². The van der Waals surface area contributed by atoms with E-state index in [2.05, 4.69) is 0 Å². The van der Waals surface area contributed by atoms with Gasteiger partial charge in [0.25, 0.3) is 5.91 Å². The first kappa shape index (κ1) is 11.2. The average molecular weight is 202 g/mol. The molecule has 0 N–H and O–H groups in total. The zero-order chi connectivity index (χ0) is 11.3. The number of amides is 1. The second-order valence-corrected chi connectivity index (χ2v) is 3.27. The molecular weight excluding hydrogens is 190 g/mol. The molecule has 0 aromatic heterocycles. The van der Waals surface area contributed by atoms with E-state index < -0.39 is 0 Å². The third-order valence-corrected chi connectivity index (χ3v) is 1.86. The summed E-state index contributed by atoms with van der Waals surface area (Å²) in [5, 5.41) is 0. The Balaban J connectivity index is 2.98. The summed E-state index contributed by atoms with van der Waals surface area (Å²) in [4.78, 5) is 23.4. The number of carbonyl (C=O) groups is 1. The molecule has 0 bridgehead atoms. The quantitative estimate of drug-likeness (QED) is 0.420. The van der Waals surface area contributed by atoms with Crippen molar-refractivity contribution in [1.29, 1.82) is 0 Å². The van der Waals surface area contributed by atoms with Crippen LogP contribution in [0.25, 0.3) is 6.08 Å². The first-order valence-electron chi connectivity index (χ1n) is 4.51. The smallest absolute Gasteiger partial charge is 0.257 e. The van der Waals surface area contributed by atoms with Gasteiger partial charge in [-0.15, -0.1) is 0 Å². The van der Waals surface area contributed by atoms with E-state index >= 15 is 0 Å². The van der Waals surface area contributed by atoms with Gasteiger partial charge in [0.05, 0.1) is 5.57 Å². The van der Waals surface area contributed by atoms with Crippen LogP contribution in [0.15, 0.2) is 35.9 Å². The number of benzene rings is 1. The summed E-state index contributed by atoms with van der Waals surface area (Å²) in [7, 11) is 3.19. The summed E-state index contributed by atoms with van der Waals surface area (Å²) in [5.41, 5.74) is 0.845. The molecule has 1 amide bonds. The molecule has 0 atom stereocenters. The summed E-state index contributed by atoms with van der Waals surface area (Å²) in [6.45, 7) is 0. The molecule has 1 rings (SSSR count). The van der Waals surface area contributed by atoms with Crippen molar-refractivity contribution >= 4 is 18.3 Å². The molecule has 0 spiro atoms. The van der Waals surface area contributed by atoms with Crippen molar-refractivity contribution in [3.63, 3.8) is 0 Å². The summed E-state index contributed by atoms with van der Waals surface area (Å²) < 4.78 is 0. The Kier molecular flexibility index (Phi) is 3.80. The van der Waals surface area contributed by atoms with Crippen molar-refractivity contribution in [2.45, 2.75) is 0 Å². The predicted octanol–water partition coefficient (Wildman–Crippen LogP) is 1.27. The molecule has 0 aliphatic heterocycles. The lowest BCUT2D eigenvalue weighted by atomic mass is 10.1. The number of nitrogens with zero attached hydrogens (tertiary/aromatic N) is 1. The monoisotopic (exact) mass is 202 g/mol. The maximum Gasteiger partial charge on any atom is 0.257 e. The van der Waals surface area contributed by atoms with Crippen molar-refractivity contribution < 1.29 is 9.59 Å². The highest BCUT2D eigenvalue weighted by Crippen LogP contribution is 2.06. The topological polar surface area (TPSA) is 37.4 Å². The van der Waals surface area contributed by atoms with E-state index in [9.17, 15) is 9.59 Å². The van der Waals surface area contributed by atoms with Crippen LogP contribution in [0, 0.1) is 0 Å². The Morgan fingerprint density at radius 2 is 1.87 bits per heavy atom. The Morgan fingerprint density at radius 3 is 2.33 bits per heavy atom. The van der Waals surface area contributed by atoms with Gasteiger partial charge in [0, 0.05) is 14.1 Å². The third-order valence-electron chi connectivity index (χ3n) is 1.86. The highest BCUT2D eigenvalue weighted by Gasteiger charge is 2.11. The number of rotatable bonds is 3. The van der Waals surface area contributed by atoms with E-state index in [1.54, 1.807) is 20.4 Å². The molecule has 1 radical (unpaired) electrons. The minimum absolute atomic E-state index is 0.0335. The molecule has 0 aliphatic carbocycles. The molecule has 3 nitrogen and oxygen atoms in total. The van der Waals surface area contributed by atoms with Crippen LogP contribution in [-0.4, -0.2) is 31.2 Å². The van der Waals surface area contributed by atoms with E-state index in [4.69, 9.17) is 0 Å². The Hall–Kier alpha value is -1.90. The van der Waals surface area contributed by atoms with Crippen LogP contribution in [0.5, 0.6) is 0 Å². The maximum atomic E-state index is 11.5. The summed E-state index contributed by atoms with van der Waals surface area (Å²) in [6, 6.07) is 9.19. The van der Waals surface area contributed by atoms with Crippen LogP contribution in [-0.2, 0) is 9.59 Å². The summed E-state index contributed by atoms with van der Waals surface area (Å²) in [6.07, 6.45) is 3.17. The van der Waals surface area contributed by atoms with Crippen molar-refractivity contribution in [2.75, 3.05) is 14.1 Å². The van der Waals surface area contributed by atoms with E-state index in [1.165, 1.54) is 11.0 Å².